The Balaban J connectivity index is 3.97. The molecule has 130 valence electrons. The quantitative estimate of drug-likeness (QED) is 0.471. The van der Waals surface area contributed by atoms with Gasteiger partial charge >= 0.3 is 11.9 Å². The van der Waals surface area contributed by atoms with Gasteiger partial charge in [-0.05, 0) is 51.5 Å². The van der Waals surface area contributed by atoms with Crippen LogP contribution in [0.25, 0.3) is 0 Å². The predicted octanol–water partition coefficient (Wildman–Crippen LogP) is 1.52. The van der Waals surface area contributed by atoms with Crippen LogP contribution in [0.2, 0.25) is 39.3 Å². The van der Waals surface area contributed by atoms with Gasteiger partial charge in [-0.2, -0.15) is 11.8 Å². The van der Waals surface area contributed by atoms with Gasteiger partial charge < -0.3 is 20.3 Å². The van der Waals surface area contributed by atoms with Gasteiger partial charge in [-0.3, -0.25) is 9.59 Å². The van der Waals surface area contributed by atoms with Gasteiger partial charge in [-0.15, -0.1) is 0 Å². The second kappa shape index (κ2) is 9.07. The third-order valence-electron chi connectivity index (χ3n) is 2.29. The minimum Gasteiger partial charge on any atom is -0.519 e. The molecule has 0 saturated carbocycles. The summed E-state index contributed by atoms with van der Waals surface area (Å²) in [5, 5.41) is 0. The monoisotopic (exact) mass is 366 g/mol. The van der Waals surface area contributed by atoms with Crippen molar-refractivity contribution in [2.45, 2.75) is 57.8 Å². The van der Waals surface area contributed by atoms with Crippen LogP contribution in [0.1, 0.15) is 6.42 Å². The zero-order chi connectivity index (χ0) is 17.6. The minimum absolute atomic E-state index is 0.345. The summed E-state index contributed by atoms with van der Waals surface area (Å²) in [5.74, 6) is 0.408. The Labute approximate surface area is 139 Å². The first-order valence-corrected chi connectivity index (χ1v) is 15.3. The van der Waals surface area contributed by atoms with Crippen LogP contribution in [-0.4, -0.2) is 52.2 Å². The Morgan fingerprint density at radius 2 is 1.32 bits per heavy atom. The van der Waals surface area contributed by atoms with E-state index in [0.717, 1.165) is 0 Å². The van der Waals surface area contributed by atoms with Gasteiger partial charge in [0.15, 0.2) is 0 Å². The van der Waals surface area contributed by atoms with Gasteiger partial charge in [0.2, 0.25) is 16.6 Å². The second-order valence-electron chi connectivity index (χ2n) is 7.14. The zero-order valence-corrected chi connectivity index (χ0v) is 17.3. The van der Waals surface area contributed by atoms with Crippen LogP contribution in [0.4, 0.5) is 0 Å². The van der Waals surface area contributed by atoms with Crippen LogP contribution in [0.15, 0.2) is 0 Å². The van der Waals surface area contributed by atoms with Crippen molar-refractivity contribution in [1.29, 1.82) is 0 Å². The molecule has 22 heavy (non-hydrogen) atoms. The minimum atomic E-state index is -1.90. The molecule has 0 heterocycles. The molecule has 0 radical (unpaired) electrons. The van der Waals surface area contributed by atoms with Crippen LogP contribution in [0.5, 0.6) is 0 Å². The molecule has 9 heteroatoms. The lowest BCUT2D eigenvalue weighted by molar-refractivity contribution is -0.137. The molecular formula is C13H30N2O4SSi2. The SMILES string of the molecule is C[Si](C)(C)OC(=O)C(N)CCSCC(N)C(=O)O[Si](C)(C)C. The maximum Gasteiger partial charge on any atom is 0.310 e. The van der Waals surface area contributed by atoms with E-state index < -0.39 is 28.7 Å². The van der Waals surface area contributed by atoms with Crippen molar-refractivity contribution in [1.82, 2.24) is 0 Å². The molecule has 0 fully saturated rings. The van der Waals surface area contributed by atoms with Gasteiger partial charge in [-0.1, -0.05) is 0 Å². The van der Waals surface area contributed by atoms with Gasteiger partial charge in [0.05, 0.1) is 0 Å². The molecule has 0 aromatic carbocycles. The fourth-order valence-corrected chi connectivity index (χ4v) is 3.85. The fourth-order valence-electron chi connectivity index (χ4n) is 1.36. The molecule has 4 N–H and O–H groups in total. The first kappa shape index (κ1) is 21.6. The number of rotatable bonds is 9. The Bertz CT molecular complexity index is 347. The molecule has 2 unspecified atom stereocenters. The maximum absolute atomic E-state index is 11.7. The molecule has 0 spiro atoms. The standard InChI is InChI=1S/C13H30N2O4SSi2/c1-21(2,3)18-12(16)10(14)7-8-20-9-11(15)13(17)19-22(4,5)6/h10-11H,7-9,14-15H2,1-6H3. The van der Waals surface area contributed by atoms with Crippen molar-refractivity contribution in [3.05, 3.63) is 0 Å². The van der Waals surface area contributed by atoms with Crippen molar-refractivity contribution in [2.24, 2.45) is 11.5 Å². The van der Waals surface area contributed by atoms with Crippen molar-refractivity contribution in [3.63, 3.8) is 0 Å². The lowest BCUT2D eigenvalue weighted by Crippen LogP contribution is -2.41. The largest absolute Gasteiger partial charge is 0.519 e. The van der Waals surface area contributed by atoms with E-state index in [1.165, 1.54) is 11.8 Å². The molecule has 0 aliphatic rings. The summed E-state index contributed by atoms with van der Waals surface area (Å²) in [5.41, 5.74) is 11.6. The molecule has 0 aromatic heterocycles. The van der Waals surface area contributed by atoms with E-state index in [1.807, 2.05) is 39.3 Å². The van der Waals surface area contributed by atoms with Crippen LogP contribution in [0.3, 0.4) is 0 Å². The lowest BCUT2D eigenvalue weighted by atomic mass is 10.2. The van der Waals surface area contributed by atoms with E-state index in [1.54, 1.807) is 0 Å². The second-order valence-corrected chi connectivity index (χ2v) is 17.2. The van der Waals surface area contributed by atoms with Crippen LogP contribution in [-0.2, 0) is 18.4 Å². The molecule has 0 amide bonds. The molecule has 2 atom stereocenters. The average Bonchev–Trinajstić information content (AvgIpc) is 2.29. The van der Waals surface area contributed by atoms with E-state index in [4.69, 9.17) is 20.3 Å². The van der Waals surface area contributed by atoms with Crippen molar-refractivity contribution in [2.75, 3.05) is 11.5 Å². The lowest BCUT2D eigenvalue weighted by Gasteiger charge is -2.21. The van der Waals surface area contributed by atoms with E-state index >= 15 is 0 Å². The summed E-state index contributed by atoms with van der Waals surface area (Å²) >= 11 is 1.49. The third-order valence-corrected chi connectivity index (χ3v) is 5.04. The third kappa shape index (κ3) is 11.2. The topological polar surface area (TPSA) is 105 Å². The fraction of sp³-hybridized carbons (Fsp3) is 0.846. The normalized spacial score (nSPS) is 15.1. The van der Waals surface area contributed by atoms with E-state index in [9.17, 15) is 9.59 Å². The molecule has 0 aromatic rings. The van der Waals surface area contributed by atoms with Gasteiger partial charge in [-0.25, -0.2) is 0 Å². The van der Waals surface area contributed by atoms with E-state index in [2.05, 4.69) is 0 Å². The summed E-state index contributed by atoms with van der Waals surface area (Å²) < 4.78 is 10.7. The first-order valence-electron chi connectivity index (χ1n) is 7.36. The highest BCUT2D eigenvalue weighted by Crippen LogP contribution is 2.11. The summed E-state index contributed by atoms with van der Waals surface area (Å²) in [6.45, 7) is 11.6. The molecule has 6 nitrogen and oxygen atoms in total. The molecular weight excluding hydrogens is 336 g/mol. The number of thioether (sulfide) groups is 1. The maximum atomic E-state index is 11.7. The Kier molecular flexibility index (Phi) is 8.92. The molecule has 0 aliphatic carbocycles. The first-order chi connectivity index (χ1) is 9.82. The summed E-state index contributed by atoms with van der Waals surface area (Å²) in [4.78, 5) is 23.5. The number of nitrogens with two attached hydrogens (primary N) is 2. The van der Waals surface area contributed by atoms with Crippen LogP contribution in [0, 0.1) is 0 Å². The average molecular weight is 367 g/mol. The Morgan fingerprint density at radius 3 is 1.73 bits per heavy atom. The van der Waals surface area contributed by atoms with Crippen molar-refractivity contribution in [3.8, 4) is 0 Å². The van der Waals surface area contributed by atoms with Crippen LogP contribution < -0.4 is 11.5 Å². The zero-order valence-electron chi connectivity index (χ0n) is 14.5. The van der Waals surface area contributed by atoms with Crippen molar-refractivity contribution >= 4 is 40.3 Å². The summed E-state index contributed by atoms with van der Waals surface area (Å²) in [6.07, 6.45) is 0.504. The summed E-state index contributed by atoms with van der Waals surface area (Å²) in [7, 11) is -3.80. The van der Waals surface area contributed by atoms with Gasteiger partial charge in [0, 0.05) is 5.75 Å². The Morgan fingerprint density at radius 1 is 0.909 bits per heavy atom. The van der Waals surface area contributed by atoms with Crippen LogP contribution >= 0.6 is 11.8 Å². The van der Waals surface area contributed by atoms with E-state index in [0.29, 0.717) is 17.9 Å². The number of carbonyl (C=O) groups excluding carboxylic acids is 2. The number of carbonyl (C=O) groups is 2. The summed E-state index contributed by atoms with van der Waals surface area (Å²) in [6, 6.07) is -1.26. The number of hydrogen-bond acceptors (Lipinski definition) is 7. The van der Waals surface area contributed by atoms with E-state index in [-0.39, 0.29) is 11.9 Å². The Hall–Kier alpha value is -0.356. The highest BCUT2D eigenvalue weighted by molar-refractivity contribution is 7.99. The molecule has 0 rings (SSSR count). The number of hydrogen-bond donors (Lipinski definition) is 2. The highest BCUT2D eigenvalue weighted by Gasteiger charge is 2.25. The highest BCUT2D eigenvalue weighted by atomic mass is 32.2. The smallest absolute Gasteiger partial charge is 0.310 e. The molecule has 0 aliphatic heterocycles. The predicted molar refractivity (Wildman–Crippen MR) is 96.8 cm³/mol. The van der Waals surface area contributed by atoms with Crippen molar-refractivity contribution < 1.29 is 18.4 Å². The molecule has 0 bridgehead atoms. The van der Waals surface area contributed by atoms with Gasteiger partial charge in [0.1, 0.15) is 12.1 Å². The molecule has 0 saturated heterocycles. The van der Waals surface area contributed by atoms with Gasteiger partial charge in [0.25, 0.3) is 0 Å².